The Kier molecular flexibility index (Phi) is 10.4. The van der Waals surface area contributed by atoms with Crippen LogP contribution < -0.4 is 21.1 Å². The molecule has 14 nitrogen and oxygen atoms in total. The van der Waals surface area contributed by atoms with E-state index in [1.807, 2.05) is 38.2 Å². The quantitative estimate of drug-likeness (QED) is 0.178. The van der Waals surface area contributed by atoms with Gasteiger partial charge in [-0.15, -0.1) is 5.10 Å². The van der Waals surface area contributed by atoms with E-state index in [1.54, 1.807) is 54.3 Å². The monoisotopic (exact) mass is 641 g/mol. The number of para-hydroxylation sites is 2. The highest BCUT2D eigenvalue weighted by Crippen LogP contribution is 2.31. The van der Waals surface area contributed by atoms with Crippen LogP contribution in [0, 0.1) is 5.92 Å². The van der Waals surface area contributed by atoms with E-state index in [2.05, 4.69) is 31.1 Å². The Balaban J connectivity index is 1.28. The SMILES string of the molecule is C[C@@H]1CN([C@H](C)CO)C(=O)c2cc(NC(=O)Cn3cnnn3)ccc2O[C@H]1CN(C)Cc1ccc(C(=O)Nc2ccccc2N)cc1. The zero-order chi connectivity index (χ0) is 33.5. The van der Waals surface area contributed by atoms with Crippen molar-refractivity contribution in [2.24, 2.45) is 5.92 Å². The summed E-state index contributed by atoms with van der Waals surface area (Å²) in [5.74, 6) is -0.584. The van der Waals surface area contributed by atoms with Crippen molar-refractivity contribution >= 4 is 34.8 Å². The van der Waals surface area contributed by atoms with Crippen molar-refractivity contribution in [1.29, 1.82) is 0 Å². The van der Waals surface area contributed by atoms with Gasteiger partial charge in [-0.1, -0.05) is 31.2 Å². The van der Waals surface area contributed by atoms with Crippen molar-refractivity contribution in [1.82, 2.24) is 30.0 Å². The molecule has 3 atom stereocenters. The smallest absolute Gasteiger partial charge is 0.258 e. The Labute approximate surface area is 272 Å². The van der Waals surface area contributed by atoms with Gasteiger partial charge < -0.3 is 31.1 Å². The number of nitrogens with one attached hydrogen (secondary N) is 2. The number of anilines is 3. The minimum absolute atomic E-state index is 0.0734. The summed E-state index contributed by atoms with van der Waals surface area (Å²) in [6.45, 7) is 5.02. The van der Waals surface area contributed by atoms with Crippen LogP contribution in [0.4, 0.5) is 17.1 Å². The second kappa shape index (κ2) is 14.8. The molecule has 0 saturated carbocycles. The number of hydrogen-bond donors (Lipinski definition) is 4. The van der Waals surface area contributed by atoms with Gasteiger partial charge in [-0.05, 0) is 72.4 Å². The molecule has 5 N–H and O–H groups in total. The lowest BCUT2D eigenvalue weighted by atomic mass is 9.99. The molecule has 0 radical (unpaired) electrons. The molecule has 0 saturated heterocycles. The zero-order valence-electron chi connectivity index (χ0n) is 26.5. The van der Waals surface area contributed by atoms with Gasteiger partial charge in [0.15, 0.2) is 0 Å². The molecule has 47 heavy (non-hydrogen) atoms. The van der Waals surface area contributed by atoms with E-state index in [1.165, 1.54) is 11.0 Å². The standard InChI is InChI=1S/C33H39N9O5/c1-21-15-42(22(2)19-43)33(46)26-14-25(36-31(44)18-41-20-35-38-39-41)12-13-29(26)47-30(21)17-40(3)16-23-8-10-24(11-9-23)32(45)37-28-7-5-4-6-27(28)34/h4-14,20-22,30,43H,15-19,34H2,1-3H3,(H,36,44)(H,37,45)/t21-,22-,30+/m1/s1. The summed E-state index contributed by atoms with van der Waals surface area (Å²) in [5.41, 5.74) is 9.24. The van der Waals surface area contributed by atoms with Gasteiger partial charge in [-0.3, -0.25) is 19.3 Å². The summed E-state index contributed by atoms with van der Waals surface area (Å²) in [5, 5.41) is 26.4. The number of aliphatic hydroxyl groups is 1. The summed E-state index contributed by atoms with van der Waals surface area (Å²) in [6.07, 6.45) is 1.03. The molecule has 246 valence electrons. The van der Waals surface area contributed by atoms with E-state index >= 15 is 0 Å². The van der Waals surface area contributed by atoms with Crippen LogP contribution >= 0.6 is 0 Å². The Morgan fingerprint density at radius 2 is 1.89 bits per heavy atom. The first kappa shape index (κ1) is 33.0. The molecule has 0 spiro atoms. The lowest BCUT2D eigenvalue weighted by Gasteiger charge is -2.38. The Bertz CT molecular complexity index is 1700. The molecule has 0 unspecified atom stereocenters. The number of amides is 3. The number of nitrogens with zero attached hydrogens (tertiary/aromatic N) is 6. The van der Waals surface area contributed by atoms with E-state index in [4.69, 9.17) is 10.5 Å². The molecule has 0 aliphatic carbocycles. The van der Waals surface area contributed by atoms with Gasteiger partial charge >= 0.3 is 0 Å². The number of nitrogens with two attached hydrogens (primary N) is 1. The normalized spacial score (nSPS) is 16.9. The highest BCUT2D eigenvalue weighted by atomic mass is 16.5. The van der Waals surface area contributed by atoms with Crippen LogP contribution in [0.2, 0.25) is 0 Å². The Hall–Kier alpha value is -5.34. The van der Waals surface area contributed by atoms with Crippen molar-refractivity contribution < 1.29 is 24.2 Å². The van der Waals surface area contributed by atoms with Gasteiger partial charge in [0.2, 0.25) is 5.91 Å². The number of carbonyl (C=O) groups is 3. The van der Waals surface area contributed by atoms with Crippen LogP contribution in [0.1, 0.15) is 40.1 Å². The van der Waals surface area contributed by atoms with E-state index in [-0.39, 0.29) is 48.5 Å². The average molecular weight is 642 g/mol. The zero-order valence-corrected chi connectivity index (χ0v) is 26.5. The van der Waals surface area contributed by atoms with E-state index in [9.17, 15) is 19.5 Å². The number of benzene rings is 3. The molecule has 1 aliphatic rings. The van der Waals surface area contributed by atoms with Crippen molar-refractivity contribution in [2.45, 2.75) is 39.1 Å². The largest absolute Gasteiger partial charge is 0.488 e. The number of ether oxygens (including phenoxy) is 1. The van der Waals surface area contributed by atoms with Gasteiger partial charge in [0, 0.05) is 36.8 Å². The van der Waals surface area contributed by atoms with Gasteiger partial charge in [0.1, 0.15) is 24.7 Å². The topological polar surface area (TPSA) is 181 Å². The third kappa shape index (κ3) is 8.28. The third-order valence-electron chi connectivity index (χ3n) is 8.01. The van der Waals surface area contributed by atoms with Gasteiger partial charge in [-0.25, -0.2) is 4.68 Å². The van der Waals surface area contributed by atoms with Crippen LogP contribution in [-0.4, -0.2) is 91.7 Å². The van der Waals surface area contributed by atoms with E-state index < -0.39 is 6.04 Å². The molecule has 0 fully saturated rings. The number of tetrazole rings is 1. The minimum atomic E-state index is -0.429. The molecule has 0 bridgehead atoms. The summed E-state index contributed by atoms with van der Waals surface area (Å²) >= 11 is 0. The molecule has 3 aromatic carbocycles. The highest BCUT2D eigenvalue weighted by Gasteiger charge is 2.33. The van der Waals surface area contributed by atoms with Crippen LogP contribution in [0.3, 0.4) is 0 Å². The van der Waals surface area contributed by atoms with Crippen LogP contribution in [0.25, 0.3) is 0 Å². The molecule has 1 aliphatic heterocycles. The molecular weight excluding hydrogens is 602 g/mol. The summed E-state index contributed by atoms with van der Waals surface area (Å²) in [7, 11) is 1.98. The second-order valence-electron chi connectivity index (χ2n) is 11.8. The summed E-state index contributed by atoms with van der Waals surface area (Å²) in [4.78, 5) is 42.8. The first-order valence-corrected chi connectivity index (χ1v) is 15.3. The fourth-order valence-electron chi connectivity index (χ4n) is 5.37. The van der Waals surface area contributed by atoms with Crippen molar-refractivity contribution in [2.75, 3.05) is 43.1 Å². The second-order valence-corrected chi connectivity index (χ2v) is 11.8. The number of aromatic nitrogens is 4. The maximum atomic E-state index is 13.7. The lowest BCUT2D eigenvalue weighted by molar-refractivity contribution is -0.116. The maximum Gasteiger partial charge on any atom is 0.258 e. The van der Waals surface area contributed by atoms with E-state index in [0.29, 0.717) is 48.0 Å². The molecule has 3 amide bonds. The molecule has 14 heteroatoms. The highest BCUT2D eigenvalue weighted by molar-refractivity contribution is 6.05. The predicted molar refractivity (Wildman–Crippen MR) is 176 cm³/mol. The van der Waals surface area contributed by atoms with Gasteiger partial charge in [-0.2, -0.15) is 0 Å². The van der Waals surface area contributed by atoms with Crippen LogP contribution in [-0.2, 0) is 17.9 Å². The predicted octanol–water partition coefficient (Wildman–Crippen LogP) is 2.50. The van der Waals surface area contributed by atoms with Gasteiger partial charge in [0.05, 0.1) is 29.6 Å². The first-order chi connectivity index (χ1) is 22.6. The third-order valence-corrected chi connectivity index (χ3v) is 8.01. The fraction of sp³-hybridized carbons (Fsp3) is 0.333. The molecule has 1 aromatic heterocycles. The number of fused-ring (bicyclic) bond motifs is 1. The van der Waals surface area contributed by atoms with Crippen molar-refractivity contribution in [3.8, 4) is 5.75 Å². The number of rotatable bonds is 11. The number of hydrogen-bond acceptors (Lipinski definition) is 10. The number of carbonyl (C=O) groups excluding carboxylic acids is 3. The number of aliphatic hydroxyl groups excluding tert-OH is 1. The average Bonchev–Trinajstić information content (AvgIpc) is 3.57. The van der Waals surface area contributed by atoms with Crippen LogP contribution in [0.15, 0.2) is 73.1 Å². The maximum absolute atomic E-state index is 13.7. The number of likely N-dealkylation sites (N-methyl/N-ethyl adjacent to an activating group) is 1. The van der Waals surface area contributed by atoms with Crippen LogP contribution in [0.5, 0.6) is 5.75 Å². The Morgan fingerprint density at radius 1 is 1.13 bits per heavy atom. The minimum Gasteiger partial charge on any atom is -0.488 e. The number of nitrogen functional groups attached to an aromatic ring is 1. The summed E-state index contributed by atoms with van der Waals surface area (Å²) in [6, 6.07) is 19.0. The van der Waals surface area contributed by atoms with E-state index in [0.717, 1.165) is 5.56 Å². The van der Waals surface area contributed by atoms with Crippen molar-refractivity contribution in [3.63, 3.8) is 0 Å². The first-order valence-electron chi connectivity index (χ1n) is 15.3. The summed E-state index contributed by atoms with van der Waals surface area (Å²) < 4.78 is 7.78. The van der Waals surface area contributed by atoms with Gasteiger partial charge in [0.25, 0.3) is 11.8 Å². The Morgan fingerprint density at radius 3 is 2.60 bits per heavy atom. The molecule has 4 aromatic rings. The molecule has 5 rings (SSSR count). The lowest BCUT2D eigenvalue weighted by Crippen LogP contribution is -2.49. The molecular formula is C33H39N9O5. The fourth-order valence-corrected chi connectivity index (χ4v) is 5.37. The van der Waals surface area contributed by atoms with Crippen molar-refractivity contribution in [3.05, 3.63) is 89.7 Å². The molecule has 2 heterocycles.